The normalized spacial score (nSPS) is 10.2. The van der Waals surface area contributed by atoms with Crippen LogP contribution in [0.2, 0.25) is 0 Å². The Morgan fingerprint density at radius 3 is 2.27 bits per heavy atom. The van der Waals surface area contributed by atoms with Gasteiger partial charge < -0.3 is 9.47 Å². The van der Waals surface area contributed by atoms with Gasteiger partial charge in [0.2, 0.25) is 0 Å². The Hall–Kier alpha value is -2.88. The number of methoxy groups -OCH3 is 1. The monoisotopic (exact) mass is 292 g/mol. The quantitative estimate of drug-likeness (QED) is 0.716. The number of para-hydroxylation sites is 1. The smallest absolute Gasteiger partial charge is 0.164 e. The first-order chi connectivity index (χ1) is 10.8. The van der Waals surface area contributed by atoms with Crippen molar-refractivity contribution in [3.05, 3.63) is 78.4 Å². The molecule has 3 rings (SSSR count). The minimum Gasteiger partial charge on any atom is -0.497 e. The van der Waals surface area contributed by atoms with Crippen molar-refractivity contribution in [1.82, 2.24) is 9.97 Å². The van der Waals surface area contributed by atoms with E-state index in [0.29, 0.717) is 12.2 Å². The second kappa shape index (κ2) is 6.72. The number of aromatic nitrogens is 2. The molecule has 0 aliphatic heterocycles. The van der Waals surface area contributed by atoms with Crippen LogP contribution >= 0.6 is 0 Å². The molecule has 1 aromatic heterocycles. The first-order valence-electron chi connectivity index (χ1n) is 7.00. The number of nitrogens with zero attached hydrogens (tertiary/aromatic N) is 2. The molecule has 3 aromatic rings. The molecule has 0 saturated heterocycles. The van der Waals surface area contributed by atoms with E-state index >= 15 is 0 Å². The van der Waals surface area contributed by atoms with Crippen LogP contribution in [0.1, 0.15) is 11.4 Å². The summed E-state index contributed by atoms with van der Waals surface area (Å²) in [6.07, 6.45) is 4.04. The predicted octanol–water partition coefficient (Wildman–Crippen LogP) is 3.87. The highest BCUT2D eigenvalue weighted by atomic mass is 16.5. The van der Waals surface area contributed by atoms with Crippen LogP contribution in [-0.4, -0.2) is 17.1 Å². The summed E-state index contributed by atoms with van der Waals surface area (Å²) in [4.78, 5) is 8.70. The van der Waals surface area contributed by atoms with Gasteiger partial charge in [0.05, 0.1) is 19.5 Å². The highest BCUT2D eigenvalue weighted by Gasteiger charge is 2.03. The number of rotatable bonds is 5. The summed E-state index contributed by atoms with van der Waals surface area (Å²) in [5, 5.41) is 0. The van der Waals surface area contributed by atoms with Gasteiger partial charge in [-0.3, -0.25) is 0 Å². The molecule has 4 heteroatoms. The third-order valence-electron chi connectivity index (χ3n) is 3.16. The lowest BCUT2D eigenvalue weighted by Gasteiger charge is -2.06. The first-order valence-corrected chi connectivity index (χ1v) is 7.00. The summed E-state index contributed by atoms with van der Waals surface area (Å²) in [5.41, 5.74) is 1.11. The van der Waals surface area contributed by atoms with Gasteiger partial charge in [-0.05, 0) is 29.8 Å². The average Bonchev–Trinajstić information content (AvgIpc) is 2.58. The Morgan fingerprint density at radius 1 is 0.818 bits per heavy atom. The molecule has 0 amide bonds. The van der Waals surface area contributed by atoms with E-state index in [1.54, 1.807) is 19.5 Å². The van der Waals surface area contributed by atoms with E-state index in [9.17, 15) is 0 Å². The molecule has 1 heterocycles. The van der Waals surface area contributed by atoms with Crippen molar-refractivity contribution < 1.29 is 9.47 Å². The number of ether oxygens (including phenoxy) is 2. The maximum Gasteiger partial charge on any atom is 0.164 e. The lowest BCUT2D eigenvalue weighted by molar-refractivity contribution is 0.414. The fourth-order valence-corrected chi connectivity index (χ4v) is 2.08. The Kier molecular flexibility index (Phi) is 4.30. The van der Waals surface area contributed by atoms with Crippen molar-refractivity contribution in [3.63, 3.8) is 0 Å². The third-order valence-corrected chi connectivity index (χ3v) is 3.16. The van der Waals surface area contributed by atoms with Gasteiger partial charge >= 0.3 is 0 Å². The highest BCUT2D eigenvalue weighted by Crippen LogP contribution is 2.20. The molecule has 4 nitrogen and oxygen atoms in total. The van der Waals surface area contributed by atoms with Gasteiger partial charge in [0, 0.05) is 6.42 Å². The zero-order valence-corrected chi connectivity index (χ0v) is 12.3. The van der Waals surface area contributed by atoms with Crippen LogP contribution < -0.4 is 9.47 Å². The lowest BCUT2D eigenvalue weighted by atomic mass is 10.1. The minimum atomic E-state index is 0.626. The molecule has 0 atom stereocenters. The molecule has 0 N–H and O–H groups in total. The minimum absolute atomic E-state index is 0.626. The topological polar surface area (TPSA) is 44.2 Å². The van der Waals surface area contributed by atoms with E-state index in [2.05, 4.69) is 9.97 Å². The summed E-state index contributed by atoms with van der Waals surface area (Å²) in [6, 6.07) is 17.5. The molecule has 0 spiro atoms. The molecular weight excluding hydrogens is 276 g/mol. The average molecular weight is 292 g/mol. The Bertz CT molecular complexity index is 728. The van der Waals surface area contributed by atoms with Gasteiger partial charge in [0.25, 0.3) is 0 Å². The van der Waals surface area contributed by atoms with Crippen molar-refractivity contribution in [1.29, 1.82) is 0 Å². The number of hydrogen-bond acceptors (Lipinski definition) is 4. The fraction of sp³-hybridized carbons (Fsp3) is 0.111. The van der Waals surface area contributed by atoms with Gasteiger partial charge in [-0.1, -0.05) is 30.3 Å². The zero-order valence-electron chi connectivity index (χ0n) is 12.3. The molecule has 0 unspecified atom stereocenters. The molecule has 0 radical (unpaired) electrons. The third kappa shape index (κ3) is 3.61. The largest absolute Gasteiger partial charge is 0.497 e. The molecule has 0 fully saturated rings. The van der Waals surface area contributed by atoms with Crippen LogP contribution in [0.3, 0.4) is 0 Å². The van der Waals surface area contributed by atoms with Crippen LogP contribution in [0.25, 0.3) is 0 Å². The summed E-state index contributed by atoms with van der Waals surface area (Å²) >= 11 is 0. The second-order valence-electron chi connectivity index (χ2n) is 4.78. The number of hydrogen-bond donors (Lipinski definition) is 0. The summed E-state index contributed by atoms with van der Waals surface area (Å²) in [7, 11) is 1.66. The van der Waals surface area contributed by atoms with Crippen LogP contribution in [0.4, 0.5) is 0 Å². The molecule has 2 aromatic carbocycles. The van der Waals surface area contributed by atoms with E-state index in [1.165, 1.54) is 0 Å². The molecule has 0 aliphatic rings. The van der Waals surface area contributed by atoms with Crippen molar-refractivity contribution in [2.45, 2.75) is 6.42 Å². The van der Waals surface area contributed by atoms with Crippen molar-refractivity contribution in [2.75, 3.05) is 7.11 Å². The molecule has 110 valence electrons. The van der Waals surface area contributed by atoms with Gasteiger partial charge in [-0.15, -0.1) is 0 Å². The van der Waals surface area contributed by atoms with Crippen molar-refractivity contribution >= 4 is 0 Å². The molecular formula is C18H16N2O2. The van der Waals surface area contributed by atoms with Gasteiger partial charge in [0.15, 0.2) is 5.75 Å². The summed E-state index contributed by atoms with van der Waals surface area (Å²) in [5.74, 6) is 2.97. The van der Waals surface area contributed by atoms with E-state index < -0.39 is 0 Å². The Balaban J connectivity index is 1.68. The van der Waals surface area contributed by atoms with Gasteiger partial charge in [-0.2, -0.15) is 0 Å². The highest BCUT2D eigenvalue weighted by molar-refractivity contribution is 5.31. The van der Waals surface area contributed by atoms with E-state index in [1.807, 2.05) is 54.6 Å². The van der Waals surface area contributed by atoms with E-state index in [0.717, 1.165) is 22.9 Å². The van der Waals surface area contributed by atoms with Gasteiger partial charge in [-0.25, -0.2) is 9.97 Å². The fourth-order valence-electron chi connectivity index (χ4n) is 2.08. The molecule has 0 saturated carbocycles. The molecule has 0 bridgehead atoms. The number of benzene rings is 2. The molecule has 22 heavy (non-hydrogen) atoms. The van der Waals surface area contributed by atoms with Crippen LogP contribution in [0, 0.1) is 0 Å². The predicted molar refractivity (Wildman–Crippen MR) is 84.3 cm³/mol. The first kappa shape index (κ1) is 14.1. The van der Waals surface area contributed by atoms with Crippen LogP contribution in [0.15, 0.2) is 67.0 Å². The van der Waals surface area contributed by atoms with Gasteiger partial charge in [0.1, 0.15) is 17.3 Å². The van der Waals surface area contributed by atoms with Crippen LogP contribution in [-0.2, 0) is 6.42 Å². The SMILES string of the molecule is COc1cccc(Cc2ncc(Oc3ccccc3)cn2)c1. The van der Waals surface area contributed by atoms with E-state index in [4.69, 9.17) is 9.47 Å². The zero-order chi connectivity index (χ0) is 15.2. The summed E-state index contributed by atoms with van der Waals surface area (Å²) in [6.45, 7) is 0. The standard InChI is InChI=1S/C18H16N2O2/c1-21-16-9-5-6-14(10-16)11-18-19-12-17(13-20-18)22-15-7-3-2-4-8-15/h2-10,12-13H,11H2,1H3. The Labute approximate surface area is 129 Å². The Morgan fingerprint density at radius 2 is 1.55 bits per heavy atom. The lowest BCUT2D eigenvalue weighted by Crippen LogP contribution is -1.97. The van der Waals surface area contributed by atoms with Crippen molar-refractivity contribution in [2.24, 2.45) is 0 Å². The summed E-state index contributed by atoms with van der Waals surface area (Å²) < 4.78 is 10.9. The van der Waals surface area contributed by atoms with Crippen LogP contribution in [0.5, 0.6) is 17.2 Å². The maximum absolute atomic E-state index is 5.68. The van der Waals surface area contributed by atoms with Crippen molar-refractivity contribution in [3.8, 4) is 17.2 Å². The molecule has 0 aliphatic carbocycles. The maximum atomic E-state index is 5.68. The second-order valence-corrected chi connectivity index (χ2v) is 4.78. The van der Waals surface area contributed by atoms with E-state index in [-0.39, 0.29) is 0 Å².